The van der Waals surface area contributed by atoms with Crippen LogP contribution < -0.4 is 10.6 Å². The molecule has 2 N–H and O–H groups in total. The van der Waals surface area contributed by atoms with Crippen molar-refractivity contribution in [2.75, 3.05) is 6.54 Å². The van der Waals surface area contributed by atoms with E-state index in [1.807, 2.05) is 30.5 Å². The standard InChI is InChI=1S/C18H22FN3O2/c1-12(21-18(24)15-5-4-6-16(19)9-15)10-20-17(23)11-22-13(2)7-8-14(22)3/h4-9,12H,10-11H2,1-3H3,(H,20,23)(H,21,24)/t12-/m0/s1. The fraction of sp³-hybridized carbons (Fsp3) is 0.333. The molecule has 2 aromatic rings. The fourth-order valence-corrected chi connectivity index (χ4v) is 2.40. The van der Waals surface area contributed by atoms with E-state index in [9.17, 15) is 14.0 Å². The smallest absolute Gasteiger partial charge is 0.251 e. The average molecular weight is 331 g/mol. The van der Waals surface area contributed by atoms with Crippen molar-refractivity contribution < 1.29 is 14.0 Å². The minimum absolute atomic E-state index is 0.121. The van der Waals surface area contributed by atoms with Crippen molar-refractivity contribution in [3.05, 3.63) is 59.2 Å². The first kappa shape index (κ1) is 17.7. The summed E-state index contributed by atoms with van der Waals surface area (Å²) in [4.78, 5) is 24.0. The zero-order valence-electron chi connectivity index (χ0n) is 14.1. The van der Waals surface area contributed by atoms with Crippen LogP contribution >= 0.6 is 0 Å². The number of amides is 2. The van der Waals surface area contributed by atoms with E-state index in [1.54, 1.807) is 13.0 Å². The molecule has 1 atom stereocenters. The van der Waals surface area contributed by atoms with Gasteiger partial charge in [0.25, 0.3) is 5.91 Å². The highest BCUT2D eigenvalue weighted by molar-refractivity contribution is 5.94. The number of benzene rings is 1. The molecule has 0 spiro atoms. The van der Waals surface area contributed by atoms with E-state index in [2.05, 4.69) is 10.6 Å². The van der Waals surface area contributed by atoms with Crippen LogP contribution in [-0.4, -0.2) is 29.0 Å². The quantitative estimate of drug-likeness (QED) is 0.852. The maximum atomic E-state index is 13.1. The van der Waals surface area contributed by atoms with Gasteiger partial charge in [0.05, 0.1) is 0 Å². The van der Waals surface area contributed by atoms with Gasteiger partial charge in [-0.15, -0.1) is 0 Å². The van der Waals surface area contributed by atoms with Gasteiger partial charge in [-0.3, -0.25) is 9.59 Å². The summed E-state index contributed by atoms with van der Waals surface area (Å²) in [6.45, 7) is 6.22. The minimum atomic E-state index is -0.457. The molecular formula is C18H22FN3O2. The minimum Gasteiger partial charge on any atom is -0.353 e. The second-order valence-corrected chi connectivity index (χ2v) is 5.89. The first-order chi connectivity index (χ1) is 11.4. The molecule has 5 nitrogen and oxygen atoms in total. The summed E-state index contributed by atoms with van der Waals surface area (Å²) >= 11 is 0. The number of aromatic nitrogens is 1. The van der Waals surface area contributed by atoms with Gasteiger partial charge in [-0.25, -0.2) is 4.39 Å². The highest BCUT2D eigenvalue weighted by Gasteiger charge is 2.12. The molecular weight excluding hydrogens is 309 g/mol. The molecule has 128 valence electrons. The van der Waals surface area contributed by atoms with Gasteiger partial charge >= 0.3 is 0 Å². The molecule has 2 rings (SSSR count). The van der Waals surface area contributed by atoms with Crippen molar-refractivity contribution in [1.29, 1.82) is 0 Å². The molecule has 1 aromatic carbocycles. The number of nitrogens with zero attached hydrogens (tertiary/aromatic N) is 1. The lowest BCUT2D eigenvalue weighted by Crippen LogP contribution is -2.42. The van der Waals surface area contributed by atoms with Crippen molar-refractivity contribution >= 4 is 11.8 Å². The SMILES string of the molecule is Cc1ccc(C)n1CC(=O)NC[C@H](C)NC(=O)c1cccc(F)c1. The van der Waals surface area contributed by atoms with E-state index >= 15 is 0 Å². The van der Waals surface area contributed by atoms with Crippen LogP contribution in [0.4, 0.5) is 4.39 Å². The predicted molar refractivity (Wildman–Crippen MR) is 90.2 cm³/mol. The van der Waals surface area contributed by atoms with Crippen molar-refractivity contribution in [2.45, 2.75) is 33.4 Å². The number of carbonyl (C=O) groups is 2. The van der Waals surface area contributed by atoms with Gasteiger partial charge in [-0.2, -0.15) is 0 Å². The lowest BCUT2D eigenvalue weighted by molar-refractivity contribution is -0.121. The monoisotopic (exact) mass is 331 g/mol. The summed E-state index contributed by atoms with van der Waals surface area (Å²) in [6.07, 6.45) is 0. The lowest BCUT2D eigenvalue weighted by Gasteiger charge is -2.16. The van der Waals surface area contributed by atoms with Gasteiger partial charge in [0.2, 0.25) is 5.91 Å². The lowest BCUT2D eigenvalue weighted by atomic mass is 10.2. The molecule has 0 bridgehead atoms. The van der Waals surface area contributed by atoms with Crippen LogP contribution in [0.5, 0.6) is 0 Å². The second-order valence-electron chi connectivity index (χ2n) is 5.89. The third kappa shape index (κ3) is 4.68. The fourth-order valence-electron chi connectivity index (χ4n) is 2.40. The van der Waals surface area contributed by atoms with Crippen molar-refractivity contribution in [2.24, 2.45) is 0 Å². The van der Waals surface area contributed by atoms with E-state index < -0.39 is 5.82 Å². The second kappa shape index (κ2) is 7.77. The van der Waals surface area contributed by atoms with Crippen LogP contribution in [0.1, 0.15) is 28.7 Å². The molecule has 2 amide bonds. The van der Waals surface area contributed by atoms with Crippen molar-refractivity contribution in [3.63, 3.8) is 0 Å². The highest BCUT2D eigenvalue weighted by Crippen LogP contribution is 2.06. The van der Waals surface area contributed by atoms with Gasteiger partial charge in [0, 0.05) is 29.5 Å². The normalized spacial score (nSPS) is 11.8. The molecule has 0 radical (unpaired) electrons. The topological polar surface area (TPSA) is 63.1 Å². The highest BCUT2D eigenvalue weighted by atomic mass is 19.1. The van der Waals surface area contributed by atoms with Crippen LogP contribution in [0.25, 0.3) is 0 Å². The summed E-state index contributed by atoms with van der Waals surface area (Å²) < 4.78 is 15.0. The molecule has 6 heteroatoms. The Morgan fingerprint density at radius 1 is 1.17 bits per heavy atom. The Morgan fingerprint density at radius 3 is 2.46 bits per heavy atom. The molecule has 0 saturated heterocycles. The van der Waals surface area contributed by atoms with Crippen LogP contribution in [-0.2, 0) is 11.3 Å². The Bertz CT molecular complexity index is 720. The summed E-state index contributed by atoms with van der Waals surface area (Å²) in [7, 11) is 0. The first-order valence-corrected chi connectivity index (χ1v) is 7.82. The Balaban J connectivity index is 1.81. The number of hydrogen-bond acceptors (Lipinski definition) is 2. The van der Waals surface area contributed by atoms with E-state index in [0.29, 0.717) is 6.54 Å². The van der Waals surface area contributed by atoms with Crippen LogP contribution in [0.15, 0.2) is 36.4 Å². The summed E-state index contributed by atoms with van der Waals surface area (Å²) in [6, 6.07) is 9.15. The number of carbonyl (C=O) groups excluding carboxylic acids is 2. The number of halogens is 1. The van der Waals surface area contributed by atoms with Gasteiger partial charge in [0.1, 0.15) is 12.4 Å². The zero-order chi connectivity index (χ0) is 17.7. The largest absolute Gasteiger partial charge is 0.353 e. The van der Waals surface area contributed by atoms with Crippen molar-refractivity contribution in [1.82, 2.24) is 15.2 Å². The third-order valence-corrected chi connectivity index (χ3v) is 3.79. The van der Waals surface area contributed by atoms with Gasteiger partial charge in [-0.1, -0.05) is 6.07 Å². The number of nitrogens with one attached hydrogen (secondary N) is 2. The number of hydrogen-bond donors (Lipinski definition) is 2. The Kier molecular flexibility index (Phi) is 5.73. The zero-order valence-corrected chi connectivity index (χ0v) is 14.1. The number of aryl methyl sites for hydroxylation is 2. The van der Waals surface area contributed by atoms with Gasteiger partial charge in [0.15, 0.2) is 0 Å². The van der Waals surface area contributed by atoms with E-state index in [0.717, 1.165) is 11.4 Å². The van der Waals surface area contributed by atoms with Gasteiger partial charge < -0.3 is 15.2 Å². The molecule has 0 saturated carbocycles. The van der Waals surface area contributed by atoms with E-state index in [1.165, 1.54) is 18.2 Å². The predicted octanol–water partition coefficient (Wildman–Crippen LogP) is 2.18. The van der Waals surface area contributed by atoms with E-state index in [-0.39, 0.29) is 30.0 Å². The molecule has 0 fully saturated rings. The van der Waals surface area contributed by atoms with Crippen LogP contribution in [0.3, 0.4) is 0 Å². The molecule has 0 unspecified atom stereocenters. The first-order valence-electron chi connectivity index (χ1n) is 7.82. The summed E-state index contributed by atoms with van der Waals surface area (Å²) in [5.41, 5.74) is 2.30. The van der Waals surface area contributed by atoms with Crippen LogP contribution in [0.2, 0.25) is 0 Å². The third-order valence-electron chi connectivity index (χ3n) is 3.79. The summed E-state index contributed by atoms with van der Waals surface area (Å²) in [5.74, 6) is -0.946. The summed E-state index contributed by atoms with van der Waals surface area (Å²) in [5, 5.41) is 5.53. The Morgan fingerprint density at radius 2 is 1.83 bits per heavy atom. The van der Waals surface area contributed by atoms with E-state index in [4.69, 9.17) is 0 Å². The molecule has 0 aliphatic rings. The Labute approximate surface area is 140 Å². The maximum absolute atomic E-state index is 13.1. The van der Waals surface area contributed by atoms with Crippen molar-refractivity contribution in [3.8, 4) is 0 Å². The van der Waals surface area contributed by atoms with Crippen LogP contribution in [0, 0.1) is 19.7 Å². The number of rotatable bonds is 6. The molecule has 0 aliphatic carbocycles. The van der Waals surface area contributed by atoms with Gasteiger partial charge in [-0.05, 0) is 51.1 Å². The maximum Gasteiger partial charge on any atom is 0.251 e. The average Bonchev–Trinajstić information content (AvgIpc) is 2.85. The molecule has 1 heterocycles. The molecule has 0 aliphatic heterocycles. The molecule has 1 aromatic heterocycles. The Hall–Kier alpha value is -2.63. The molecule has 24 heavy (non-hydrogen) atoms.